The van der Waals surface area contributed by atoms with Gasteiger partial charge >= 0.3 is 5.97 Å². The van der Waals surface area contributed by atoms with Crippen LogP contribution < -0.4 is 5.73 Å². The van der Waals surface area contributed by atoms with Crippen LogP contribution in [0.3, 0.4) is 0 Å². The molecule has 1 rings (SSSR count). The van der Waals surface area contributed by atoms with Gasteiger partial charge in [0.15, 0.2) is 0 Å². The van der Waals surface area contributed by atoms with Crippen LogP contribution in [0, 0.1) is 5.92 Å². The second-order valence-electron chi connectivity index (χ2n) is 4.11. The molecule has 0 aromatic heterocycles. The van der Waals surface area contributed by atoms with E-state index in [2.05, 4.69) is 0 Å². The summed E-state index contributed by atoms with van der Waals surface area (Å²) >= 11 is 0. The van der Waals surface area contributed by atoms with Gasteiger partial charge in [-0.15, -0.1) is 0 Å². The van der Waals surface area contributed by atoms with E-state index in [1.807, 2.05) is 13.8 Å². The molecular formula is C10H19NO2. The van der Waals surface area contributed by atoms with Crippen LogP contribution in [-0.2, 0) is 9.53 Å². The fraction of sp³-hybridized carbons (Fsp3) is 0.900. The van der Waals surface area contributed by atoms with Crippen molar-refractivity contribution in [1.82, 2.24) is 0 Å². The van der Waals surface area contributed by atoms with E-state index in [0.29, 0.717) is 0 Å². The maximum atomic E-state index is 11.5. The molecule has 13 heavy (non-hydrogen) atoms. The molecular weight excluding hydrogens is 166 g/mol. The Morgan fingerprint density at radius 2 is 2.15 bits per heavy atom. The predicted octanol–water partition coefficient (Wildman–Crippen LogP) is 1.46. The molecule has 1 aliphatic rings. The molecule has 2 N–H and O–H groups in total. The zero-order chi connectivity index (χ0) is 9.84. The highest BCUT2D eigenvalue weighted by Gasteiger charge is 2.26. The Labute approximate surface area is 79.6 Å². The molecule has 3 nitrogen and oxygen atoms in total. The van der Waals surface area contributed by atoms with Gasteiger partial charge in [0.05, 0.1) is 12.0 Å². The molecule has 1 aliphatic carbocycles. The van der Waals surface area contributed by atoms with Crippen LogP contribution in [0.25, 0.3) is 0 Å². The van der Waals surface area contributed by atoms with Crippen molar-refractivity contribution in [2.45, 2.75) is 51.7 Å². The van der Waals surface area contributed by atoms with Crippen LogP contribution in [0.15, 0.2) is 0 Å². The van der Waals surface area contributed by atoms with Crippen molar-refractivity contribution in [3.63, 3.8) is 0 Å². The van der Waals surface area contributed by atoms with Gasteiger partial charge in [-0.2, -0.15) is 0 Å². The Morgan fingerprint density at radius 1 is 1.46 bits per heavy atom. The molecule has 0 spiro atoms. The van der Waals surface area contributed by atoms with E-state index < -0.39 is 0 Å². The van der Waals surface area contributed by atoms with E-state index in [4.69, 9.17) is 10.5 Å². The van der Waals surface area contributed by atoms with Crippen LogP contribution in [-0.4, -0.2) is 18.1 Å². The Kier molecular flexibility index (Phi) is 3.72. The predicted molar refractivity (Wildman–Crippen MR) is 51.2 cm³/mol. The summed E-state index contributed by atoms with van der Waals surface area (Å²) in [6, 6.07) is 0.193. The minimum Gasteiger partial charge on any atom is -0.463 e. The highest BCUT2D eigenvalue weighted by atomic mass is 16.5. The van der Waals surface area contributed by atoms with Gasteiger partial charge in [0.25, 0.3) is 0 Å². The first-order valence-electron chi connectivity index (χ1n) is 5.05. The minimum absolute atomic E-state index is 0.00866. The topological polar surface area (TPSA) is 52.3 Å². The van der Waals surface area contributed by atoms with Gasteiger partial charge in [0.1, 0.15) is 0 Å². The minimum atomic E-state index is -0.0647. The summed E-state index contributed by atoms with van der Waals surface area (Å²) < 4.78 is 5.14. The first-order valence-corrected chi connectivity index (χ1v) is 5.05. The van der Waals surface area contributed by atoms with Crippen molar-refractivity contribution in [2.75, 3.05) is 0 Å². The Morgan fingerprint density at radius 3 is 2.69 bits per heavy atom. The largest absolute Gasteiger partial charge is 0.463 e. The van der Waals surface area contributed by atoms with E-state index in [1.165, 1.54) is 0 Å². The van der Waals surface area contributed by atoms with Crippen LogP contribution in [0.2, 0.25) is 0 Å². The zero-order valence-electron chi connectivity index (χ0n) is 8.45. The van der Waals surface area contributed by atoms with Crippen molar-refractivity contribution < 1.29 is 9.53 Å². The quantitative estimate of drug-likeness (QED) is 0.662. The molecule has 0 bridgehead atoms. The smallest absolute Gasteiger partial charge is 0.309 e. The number of carbonyl (C=O) groups excluding carboxylic acids is 1. The Balaban J connectivity index is 2.37. The maximum absolute atomic E-state index is 11.5. The number of hydrogen-bond donors (Lipinski definition) is 1. The van der Waals surface area contributed by atoms with E-state index >= 15 is 0 Å². The molecule has 0 amide bonds. The lowest BCUT2D eigenvalue weighted by atomic mass is 9.86. The number of ether oxygens (including phenoxy) is 1. The van der Waals surface area contributed by atoms with E-state index in [-0.39, 0.29) is 24.0 Å². The molecule has 0 saturated heterocycles. The molecule has 1 saturated carbocycles. The monoisotopic (exact) mass is 185 g/mol. The lowest BCUT2D eigenvalue weighted by Crippen LogP contribution is -2.33. The molecule has 0 heterocycles. The third kappa shape index (κ3) is 3.35. The molecule has 76 valence electrons. The summed E-state index contributed by atoms with van der Waals surface area (Å²) in [6.07, 6.45) is 3.83. The molecule has 1 unspecified atom stereocenters. The molecule has 1 fully saturated rings. The average molecular weight is 185 g/mol. The van der Waals surface area contributed by atoms with Crippen LogP contribution in [0.1, 0.15) is 39.5 Å². The Bertz CT molecular complexity index is 180. The maximum Gasteiger partial charge on any atom is 0.309 e. The molecule has 0 aliphatic heterocycles. The second kappa shape index (κ2) is 4.61. The number of carbonyl (C=O) groups is 1. The lowest BCUT2D eigenvalue weighted by Gasteiger charge is -2.25. The van der Waals surface area contributed by atoms with Crippen LogP contribution >= 0.6 is 0 Å². The van der Waals surface area contributed by atoms with Gasteiger partial charge in [-0.3, -0.25) is 4.79 Å². The van der Waals surface area contributed by atoms with Gasteiger partial charge in [0.2, 0.25) is 0 Å². The summed E-state index contributed by atoms with van der Waals surface area (Å²) in [6.45, 7) is 3.75. The number of esters is 1. The summed E-state index contributed by atoms with van der Waals surface area (Å²) in [7, 11) is 0. The lowest BCUT2D eigenvalue weighted by molar-refractivity contribution is -0.153. The van der Waals surface area contributed by atoms with E-state index in [0.717, 1.165) is 25.7 Å². The molecule has 0 radical (unpaired) electrons. The standard InChI is InChI=1S/C10H19NO2/c1-7(2)13-10(12)8-4-3-5-9(11)6-8/h7-9H,3-6,11H2,1-2H3/t8?,9-/m0/s1. The SMILES string of the molecule is CC(C)OC(=O)C1CCC[C@H](N)C1. The van der Waals surface area contributed by atoms with Crippen molar-refractivity contribution in [3.05, 3.63) is 0 Å². The average Bonchev–Trinajstić information content (AvgIpc) is 2.03. The second-order valence-corrected chi connectivity index (χ2v) is 4.11. The fourth-order valence-electron chi connectivity index (χ4n) is 1.77. The van der Waals surface area contributed by atoms with E-state index in [9.17, 15) is 4.79 Å². The third-order valence-corrected chi connectivity index (χ3v) is 2.40. The highest BCUT2D eigenvalue weighted by Crippen LogP contribution is 2.24. The summed E-state index contributed by atoms with van der Waals surface area (Å²) in [4.78, 5) is 11.5. The van der Waals surface area contributed by atoms with Crippen molar-refractivity contribution in [2.24, 2.45) is 11.7 Å². The van der Waals surface area contributed by atoms with Gasteiger partial charge < -0.3 is 10.5 Å². The molecule has 0 aromatic rings. The van der Waals surface area contributed by atoms with Gasteiger partial charge in [-0.1, -0.05) is 6.42 Å². The molecule has 0 aromatic carbocycles. The first-order chi connectivity index (χ1) is 6.09. The number of nitrogens with two attached hydrogens (primary N) is 1. The normalized spacial score (nSPS) is 28.9. The van der Waals surface area contributed by atoms with Crippen molar-refractivity contribution >= 4 is 5.97 Å². The highest BCUT2D eigenvalue weighted by molar-refractivity contribution is 5.72. The molecule has 2 atom stereocenters. The summed E-state index contributed by atoms with van der Waals surface area (Å²) in [5.74, 6) is -0.0173. The Hall–Kier alpha value is -0.570. The van der Waals surface area contributed by atoms with Gasteiger partial charge in [-0.05, 0) is 33.1 Å². The zero-order valence-corrected chi connectivity index (χ0v) is 8.45. The van der Waals surface area contributed by atoms with Crippen molar-refractivity contribution in [3.8, 4) is 0 Å². The molecule has 3 heteroatoms. The first kappa shape index (κ1) is 10.5. The number of rotatable bonds is 2. The van der Waals surface area contributed by atoms with Crippen LogP contribution in [0.5, 0.6) is 0 Å². The van der Waals surface area contributed by atoms with E-state index in [1.54, 1.807) is 0 Å². The summed E-state index contributed by atoms with van der Waals surface area (Å²) in [5.41, 5.74) is 5.79. The fourth-order valence-corrected chi connectivity index (χ4v) is 1.77. The third-order valence-electron chi connectivity index (χ3n) is 2.40. The summed E-state index contributed by atoms with van der Waals surface area (Å²) in [5, 5.41) is 0. The van der Waals surface area contributed by atoms with Crippen LogP contribution in [0.4, 0.5) is 0 Å². The van der Waals surface area contributed by atoms with Crippen molar-refractivity contribution in [1.29, 1.82) is 0 Å². The number of hydrogen-bond acceptors (Lipinski definition) is 3. The van der Waals surface area contributed by atoms with Gasteiger partial charge in [0, 0.05) is 6.04 Å². The van der Waals surface area contributed by atoms with Gasteiger partial charge in [-0.25, -0.2) is 0 Å².